The maximum atomic E-state index is 6.00. The second-order valence-corrected chi connectivity index (χ2v) is 5.87. The lowest BCUT2D eigenvalue weighted by Crippen LogP contribution is -2.15. The molecule has 0 bridgehead atoms. The van der Waals surface area contributed by atoms with Crippen LogP contribution in [0, 0.1) is 5.92 Å². The first-order valence-electron chi connectivity index (χ1n) is 7.69. The standard InChI is InChI=1S/C18H22N2O2/c19-14-5-8-16(9-6-14)21-12-13-4-7-18(10-13)22-17-3-1-2-15(20)11-17/h1-3,5-6,8-9,11,13,18H,4,7,10,12,19-20H2/t13-,18-/m0/s1. The Morgan fingerprint density at radius 3 is 2.50 bits per heavy atom. The molecule has 22 heavy (non-hydrogen) atoms. The normalized spacial score (nSPS) is 20.7. The molecule has 0 saturated heterocycles. The van der Waals surface area contributed by atoms with Crippen molar-refractivity contribution in [1.29, 1.82) is 0 Å². The van der Waals surface area contributed by atoms with Crippen molar-refractivity contribution in [2.75, 3.05) is 18.1 Å². The first-order valence-corrected chi connectivity index (χ1v) is 7.69. The van der Waals surface area contributed by atoms with Crippen LogP contribution in [0.3, 0.4) is 0 Å². The van der Waals surface area contributed by atoms with E-state index in [1.165, 1.54) is 0 Å². The van der Waals surface area contributed by atoms with Crippen LogP contribution in [-0.2, 0) is 0 Å². The summed E-state index contributed by atoms with van der Waals surface area (Å²) in [5.74, 6) is 2.25. The van der Waals surface area contributed by atoms with Crippen molar-refractivity contribution in [3.8, 4) is 11.5 Å². The van der Waals surface area contributed by atoms with Gasteiger partial charge in [0.15, 0.2) is 0 Å². The summed E-state index contributed by atoms with van der Waals surface area (Å²) in [7, 11) is 0. The molecule has 4 heteroatoms. The minimum absolute atomic E-state index is 0.252. The van der Waals surface area contributed by atoms with Crippen LogP contribution in [0.1, 0.15) is 19.3 Å². The molecule has 0 spiro atoms. The van der Waals surface area contributed by atoms with Crippen molar-refractivity contribution >= 4 is 11.4 Å². The van der Waals surface area contributed by atoms with Crippen LogP contribution in [0.25, 0.3) is 0 Å². The average molecular weight is 298 g/mol. The van der Waals surface area contributed by atoms with E-state index < -0.39 is 0 Å². The number of benzene rings is 2. The molecule has 1 fully saturated rings. The molecule has 0 aliphatic heterocycles. The van der Waals surface area contributed by atoms with E-state index in [1.54, 1.807) is 0 Å². The van der Waals surface area contributed by atoms with Crippen LogP contribution in [-0.4, -0.2) is 12.7 Å². The van der Waals surface area contributed by atoms with E-state index in [0.717, 1.165) is 48.7 Å². The largest absolute Gasteiger partial charge is 0.493 e. The lowest BCUT2D eigenvalue weighted by atomic mass is 10.1. The van der Waals surface area contributed by atoms with E-state index >= 15 is 0 Å². The van der Waals surface area contributed by atoms with E-state index in [1.807, 2.05) is 48.5 Å². The number of ether oxygens (including phenoxy) is 2. The Balaban J connectivity index is 1.47. The summed E-state index contributed by atoms with van der Waals surface area (Å²) in [6, 6.07) is 15.1. The third-order valence-electron chi connectivity index (χ3n) is 4.02. The predicted molar refractivity (Wildman–Crippen MR) is 89.0 cm³/mol. The van der Waals surface area contributed by atoms with E-state index in [9.17, 15) is 0 Å². The Hall–Kier alpha value is -2.36. The molecule has 1 aliphatic rings. The van der Waals surface area contributed by atoms with Crippen molar-refractivity contribution in [3.05, 3.63) is 48.5 Å². The third-order valence-corrected chi connectivity index (χ3v) is 4.02. The second-order valence-electron chi connectivity index (χ2n) is 5.87. The van der Waals surface area contributed by atoms with Crippen molar-refractivity contribution in [1.82, 2.24) is 0 Å². The molecule has 0 heterocycles. The highest BCUT2D eigenvalue weighted by Crippen LogP contribution is 2.30. The summed E-state index contributed by atoms with van der Waals surface area (Å²) < 4.78 is 11.8. The summed E-state index contributed by atoms with van der Waals surface area (Å²) in [6.45, 7) is 0.723. The number of rotatable bonds is 5. The highest BCUT2D eigenvalue weighted by molar-refractivity contribution is 5.43. The molecule has 1 saturated carbocycles. The van der Waals surface area contributed by atoms with E-state index in [0.29, 0.717) is 5.92 Å². The van der Waals surface area contributed by atoms with Crippen molar-refractivity contribution in [2.24, 2.45) is 5.92 Å². The molecule has 0 amide bonds. The number of nitrogens with two attached hydrogens (primary N) is 2. The average Bonchev–Trinajstić information content (AvgIpc) is 2.94. The van der Waals surface area contributed by atoms with Gasteiger partial charge in [0.05, 0.1) is 12.7 Å². The van der Waals surface area contributed by atoms with E-state index in [2.05, 4.69) is 0 Å². The molecule has 0 unspecified atom stereocenters. The molecule has 0 radical (unpaired) electrons. The van der Waals surface area contributed by atoms with Crippen molar-refractivity contribution in [2.45, 2.75) is 25.4 Å². The van der Waals surface area contributed by atoms with E-state index in [4.69, 9.17) is 20.9 Å². The SMILES string of the molecule is Nc1ccc(OC[C@H]2CC[C@H](Oc3cccc(N)c3)C2)cc1. The van der Waals surface area contributed by atoms with Gasteiger partial charge in [0.25, 0.3) is 0 Å². The lowest BCUT2D eigenvalue weighted by molar-refractivity contribution is 0.190. The summed E-state index contributed by atoms with van der Waals surface area (Å²) >= 11 is 0. The quantitative estimate of drug-likeness (QED) is 0.829. The summed E-state index contributed by atoms with van der Waals surface area (Å²) in [4.78, 5) is 0. The van der Waals surface area contributed by atoms with Crippen LogP contribution < -0.4 is 20.9 Å². The van der Waals surface area contributed by atoms with Crippen molar-refractivity contribution in [3.63, 3.8) is 0 Å². The molecule has 116 valence electrons. The lowest BCUT2D eigenvalue weighted by Gasteiger charge is -2.15. The zero-order valence-corrected chi connectivity index (χ0v) is 12.6. The molecule has 2 aromatic rings. The molecular weight excluding hydrogens is 276 g/mol. The zero-order valence-electron chi connectivity index (χ0n) is 12.6. The van der Waals surface area contributed by atoms with Crippen molar-refractivity contribution < 1.29 is 9.47 Å². The Kier molecular flexibility index (Phi) is 4.37. The minimum atomic E-state index is 0.252. The van der Waals surface area contributed by atoms with Gasteiger partial charge in [-0.05, 0) is 61.6 Å². The minimum Gasteiger partial charge on any atom is -0.493 e. The van der Waals surface area contributed by atoms with Crippen LogP contribution in [0.15, 0.2) is 48.5 Å². The number of hydrogen-bond acceptors (Lipinski definition) is 4. The fourth-order valence-corrected chi connectivity index (χ4v) is 2.85. The number of nitrogen functional groups attached to an aromatic ring is 2. The second kappa shape index (κ2) is 6.60. The Bertz CT molecular complexity index is 613. The maximum Gasteiger partial charge on any atom is 0.121 e. The van der Waals surface area contributed by atoms with Gasteiger partial charge in [-0.3, -0.25) is 0 Å². The molecule has 2 atom stereocenters. The summed E-state index contributed by atoms with van der Waals surface area (Å²) in [5.41, 5.74) is 12.9. The predicted octanol–water partition coefficient (Wildman–Crippen LogP) is 3.48. The highest BCUT2D eigenvalue weighted by Gasteiger charge is 2.26. The fraction of sp³-hybridized carbons (Fsp3) is 0.333. The third kappa shape index (κ3) is 3.85. The van der Waals surface area contributed by atoms with Crippen LogP contribution >= 0.6 is 0 Å². The number of anilines is 2. The van der Waals surface area contributed by atoms with E-state index in [-0.39, 0.29) is 6.10 Å². The van der Waals surface area contributed by atoms with Gasteiger partial charge in [-0.1, -0.05) is 6.07 Å². The van der Waals surface area contributed by atoms with Crippen LogP contribution in [0.5, 0.6) is 11.5 Å². The Morgan fingerprint density at radius 2 is 1.73 bits per heavy atom. The molecule has 2 aromatic carbocycles. The molecule has 3 rings (SSSR count). The first kappa shape index (κ1) is 14.6. The smallest absolute Gasteiger partial charge is 0.121 e. The number of hydrogen-bond donors (Lipinski definition) is 2. The zero-order chi connectivity index (χ0) is 15.4. The van der Waals surface area contributed by atoms with Gasteiger partial charge >= 0.3 is 0 Å². The van der Waals surface area contributed by atoms with Gasteiger partial charge in [-0.2, -0.15) is 0 Å². The Labute approximate surface area is 131 Å². The van der Waals surface area contributed by atoms with Gasteiger partial charge in [0.1, 0.15) is 11.5 Å². The maximum absolute atomic E-state index is 6.00. The van der Waals surface area contributed by atoms with Gasteiger partial charge in [-0.15, -0.1) is 0 Å². The first-order chi connectivity index (χ1) is 10.7. The molecule has 4 N–H and O–H groups in total. The molecule has 0 aromatic heterocycles. The highest BCUT2D eigenvalue weighted by atomic mass is 16.5. The topological polar surface area (TPSA) is 70.5 Å². The fourth-order valence-electron chi connectivity index (χ4n) is 2.85. The molecular formula is C18H22N2O2. The van der Waals surface area contributed by atoms with Crippen LogP contribution in [0.2, 0.25) is 0 Å². The van der Waals surface area contributed by atoms with Gasteiger partial charge in [0.2, 0.25) is 0 Å². The molecule has 1 aliphatic carbocycles. The summed E-state index contributed by atoms with van der Waals surface area (Å²) in [5, 5.41) is 0. The van der Waals surface area contributed by atoms with Crippen LogP contribution in [0.4, 0.5) is 11.4 Å². The monoisotopic (exact) mass is 298 g/mol. The van der Waals surface area contributed by atoms with Gasteiger partial charge < -0.3 is 20.9 Å². The Morgan fingerprint density at radius 1 is 0.909 bits per heavy atom. The molecule has 4 nitrogen and oxygen atoms in total. The summed E-state index contributed by atoms with van der Waals surface area (Å²) in [6.07, 6.45) is 3.46. The van der Waals surface area contributed by atoms with Gasteiger partial charge in [0, 0.05) is 17.4 Å². The van der Waals surface area contributed by atoms with Gasteiger partial charge in [-0.25, -0.2) is 0 Å².